The monoisotopic (exact) mass is 294 g/mol. The number of urea groups is 2. The molecule has 0 bridgehead atoms. The smallest absolute Gasteiger partial charge is 0.333 e. The molecule has 0 radical (unpaired) electrons. The van der Waals surface area contributed by atoms with Crippen molar-refractivity contribution in [2.75, 3.05) is 10.0 Å². The molecule has 0 saturated carbocycles. The van der Waals surface area contributed by atoms with Crippen molar-refractivity contribution in [1.82, 2.24) is 0 Å². The van der Waals surface area contributed by atoms with E-state index in [0.29, 0.717) is 29.8 Å². The molecule has 0 aromatic heterocycles. The van der Waals surface area contributed by atoms with E-state index in [1.54, 1.807) is 6.92 Å². The van der Waals surface area contributed by atoms with Crippen LogP contribution in [-0.2, 0) is 12.8 Å². The van der Waals surface area contributed by atoms with Crippen LogP contribution in [0.1, 0.15) is 30.5 Å². The first-order chi connectivity index (χ1) is 9.76. The normalized spacial score (nSPS) is 10.3. The maximum atomic E-state index is 11.4. The number of hydrogen-bond donors (Lipinski definition) is 4. The molecule has 8 nitrogen and oxygen atoms in total. The summed E-state index contributed by atoms with van der Waals surface area (Å²) >= 11 is 0. The molecule has 0 unspecified atom stereocenters. The Hall–Kier alpha value is -2.32. The maximum absolute atomic E-state index is 11.4. The molecule has 0 fully saturated rings. The largest absolute Gasteiger partial charge is 0.350 e. The third-order valence-electron chi connectivity index (χ3n) is 3.39. The zero-order valence-corrected chi connectivity index (χ0v) is 12.5. The van der Waals surface area contributed by atoms with Crippen LogP contribution in [0.5, 0.6) is 0 Å². The first-order valence-corrected chi connectivity index (χ1v) is 6.60. The van der Waals surface area contributed by atoms with E-state index < -0.39 is 12.1 Å². The Bertz CT molecular complexity index is 526. The zero-order valence-electron chi connectivity index (χ0n) is 12.5. The molecule has 1 aromatic carbocycles. The van der Waals surface area contributed by atoms with Gasteiger partial charge in [-0.15, -0.1) is 0 Å². The summed E-state index contributed by atoms with van der Waals surface area (Å²) in [4.78, 5) is 22.8. The first-order valence-electron chi connectivity index (χ1n) is 6.60. The van der Waals surface area contributed by atoms with Gasteiger partial charge in [0.2, 0.25) is 0 Å². The molecule has 8 N–H and O–H groups in total. The predicted octanol–water partition coefficient (Wildman–Crippen LogP) is 0.637. The minimum absolute atomic E-state index is 0.439. The summed E-state index contributed by atoms with van der Waals surface area (Å²) in [6.45, 7) is 5.58. The van der Waals surface area contributed by atoms with E-state index in [1.807, 2.05) is 19.9 Å². The van der Waals surface area contributed by atoms with Gasteiger partial charge in [0.1, 0.15) is 0 Å². The number of carbonyl (C=O) groups is 2. The highest BCUT2D eigenvalue weighted by Gasteiger charge is 2.23. The predicted molar refractivity (Wildman–Crippen MR) is 82.4 cm³/mol. The number of carbonyl (C=O) groups excluding carboxylic acids is 2. The second-order valence-corrected chi connectivity index (χ2v) is 4.64. The van der Waals surface area contributed by atoms with Crippen molar-refractivity contribution in [2.24, 2.45) is 23.2 Å². The number of hydrogen-bond acceptors (Lipinski definition) is 4. The summed E-state index contributed by atoms with van der Waals surface area (Å²) in [6, 6.07) is 0.250. The van der Waals surface area contributed by atoms with Crippen LogP contribution in [0.15, 0.2) is 6.07 Å². The van der Waals surface area contributed by atoms with Crippen LogP contribution in [0.3, 0.4) is 0 Å². The van der Waals surface area contributed by atoms with Gasteiger partial charge in [-0.05, 0) is 30.9 Å². The lowest BCUT2D eigenvalue weighted by Gasteiger charge is -2.27. The number of amides is 4. The van der Waals surface area contributed by atoms with Gasteiger partial charge in [0.15, 0.2) is 0 Å². The number of nitrogens with zero attached hydrogens (tertiary/aromatic N) is 2. The SMILES string of the molecule is CCc1cc(CC)c(N(N)C(N)=O)c(C)c1N(N)C(N)=O. The van der Waals surface area contributed by atoms with Gasteiger partial charge in [-0.3, -0.25) is 0 Å². The number of nitrogens with two attached hydrogens (primary N) is 4. The van der Waals surface area contributed by atoms with Gasteiger partial charge in [-0.2, -0.15) is 0 Å². The summed E-state index contributed by atoms with van der Waals surface area (Å²) in [7, 11) is 0. The van der Waals surface area contributed by atoms with Crippen molar-refractivity contribution in [1.29, 1.82) is 0 Å². The number of hydrazine groups is 2. The van der Waals surface area contributed by atoms with Crippen molar-refractivity contribution >= 4 is 23.4 Å². The van der Waals surface area contributed by atoms with Gasteiger partial charge < -0.3 is 11.5 Å². The molecule has 1 rings (SSSR count). The highest BCUT2D eigenvalue weighted by Crippen LogP contribution is 2.35. The van der Waals surface area contributed by atoms with E-state index in [2.05, 4.69) is 0 Å². The van der Waals surface area contributed by atoms with Crippen molar-refractivity contribution in [3.05, 3.63) is 22.8 Å². The molecule has 21 heavy (non-hydrogen) atoms. The number of primary amides is 2. The average Bonchev–Trinajstić information content (AvgIpc) is 2.44. The minimum Gasteiger partial charge on any atom is -0.350 e. The topological polar surface area (TPSA) is 145 Å². The summed E-state index contributed by atoms with van der Waals surface area (Å²) in [5, 5.41) is 1.71. The van der Waals surface area contributed by atoms with Crippen molar-refractivity contribution in [3.63, 3.8) is 0 Å². The Kier molecular flexibility index (Phi) is 5.12. The third kappa shape index (κ3) is 3.06. The van der Waals surface area contributed by atoms with Gasteiger partial charge in [-0.1, -0.05) is 19.9 Å². The lowest BCUT2D eigenvalue weighted by Crippen LogP contribution is -2.45. The summed E-state index contributed by atoms with van der Waals surface area (Å²) < 4.78 is 0. The van der Waals surface area contributed by atoms with E-state index in [0.717, 1.165) is 21.1 Å². The van der Waals surface area contributed by atoms with Crippen LogP contribution < -0.4 is 33.2 Å². The Morgan fingerprint density at radius 3 is 1.52 bits per heavy atom. The Morgan fingerprint density at radius 2 is 1.29 bits per heavy atom. The molecule has 1 aromatic rings. The second kappa shape index (κ2) is 6.42. The van der Waals surface area contributed by atoms with Gasteiger partial charge >= 0.3 is 12.1 Å². The molecule has 0 aliphatic carbocycles. The standard InChI is InChI=1S/C13H22N6O2/c1-4-8-6-9(5-2)11(19(17)13(15)21)7(3)10(8)18(16)12(14)20/h6H,4-5,16-17H2,1-3H3,(H2,14,20)(H2,15,21). The van der Waals surface area contributed by atoms with E-state index in [9.17, 15) is 9.59 Å². The maximum Gasteiger partial charge on any atom is 0.333 e. The lowest BCUT2D eigenvalue weighted by atomic mass is 9.96. The Balaban J connectivity index is 3.68. The highest BCUT2D eigenvalue weighted by atomic mass is 16.2. The Morgan fingerprint density at radius 1 is 0.952 bits per heavy atom. The lowest BCUT2D eigenvalue weighted by molar-refractivity contribution is 0.253. The number of aryl methyl sites for hydroxylation is 2. The van der Waals surface area contributed by atoms with Gasteiger partial charge in [-0.25, -0.2) is 31.3 Å². The van der Waals surface area contributed by atoms with E-state index in [1.165, 1.54) is 0 Å². The second-order valence-electron chi connectivity index (χ2n) is 4.64. The van der Waals surface area contributed by atoms with Crippen LogP contribution in [0.4, 0.5) is 21.0 Å². The highest BCUT2D eigenvalue weighted by molar-refractivity contribution is 5.96. The van der Waals surface area contributed by atoms with Gasteiger partial charge in [0.25, 0.3) is 0 Å². The third-order valence-corrected chi connectivity index (χ3v) is 3.39. The average molecular weight is 294 g/mol. The fourth-order valence-corrected chi connectivity index (χ4v) is 2.37. The zero-order chi connectivity index (χ0) is 16.3. The molecular formula is C13H22N6O2. The molecule has 0 saturated heterocycles. The van der Waals surface area contributed by atoms with Crippen LogP contribution in [0.25, 0.3) is 0 Å². The van der Waals surface area contributed by atoms with Crippen LogP contribution in [-0.4, -0.2) is 12.1 Å². The molecule has 0 spiro atoms. The van der Waals surface area contributed by atoms with E-state index >= 15 is 0 Å². The summed E-state index contributed by atoms with van der Waals surface area (Å²) in [6.07, 6.45) is 1.29. The van der Waals surface area contributed by atoms with Crippen LogP contribution >= 0.6 is 0 Å². The van der Waals surface area contributed by atoms with Gasteiger partial charge in [0, 0.05) is 5.56 Å². The molecule has 8 heteroatoms. The first kappa shape index (κ1) is 16.7. The molecule has 0 heterocycles. The molecule has 4 amide bonds. The molecular weight excluding hydrogens is 272 g/mol. The van der Waals surface area contributed by atoms with Gasteiger partial charge in [0.05, 0.1) is 11.4 Å². The number of rotatable bonds is 4. The molecule has 0 aliphatic rings. The number of benzene rings is 1. The molecule has 116 valence electrons. The number of anilines is 2. The van der Waals surface area contributed by atoms with Crippen molar-refractivity contribution in [2.45, 2.75) is 33.6 Å². The van der Waals surface area contributed by atoms with Crippen molar-refractivity contribution in [3.8, 4) is 0 Å². The molecule has 0 aliphatic heterocycles. The Labute approximate surface area is 123 Å². The molecule has 0 atom stereocenters. The van der Waals surface area contributed by atoms with Crippen LogP contribution in [0.2, 0.25) is 0 Å². The quantitative estimate of drug-likeness (QED) is 0.366. The fourth-order valence-electron chi connectivity index (χ4n) is 2.37. The minimum atomic E-state index is -0.800. The summed E-state index contributed by atoms with van der Waals surface area (Å²) in [5.74, 6) is 11.5. The fraction of sp³-hybridized carbons (Fsp3) is 0.385. The summed E-state index contributed by atoms with van der Waals surface area (Å²) in [5.41, 5.74) is 13.6. The van der Waals surface area contributed by atoms with E-state index in [4.69, 9.17) is 23.2 Å². The van der Waals surface area contributed by atoms with E-state index in [-0.39, 0.29) is 0 Å². The van der Waals surface area contributed by atoms with Crippen molar-refractivity contribution < 1.29 is 9.59 Å². The van der Waals surface area contributed by atoms with Crippen LogP contribution in [0, 0.1) is 6.92 Å².